The predicted octanol–water partition coefficient (Wildman–Crippen LogP) is 2.96. The van der Waals surface area contributed by atoms with Crippen molar-refractivity contribution in [2.75, 3.05) is 14.2 Å². The second-order valence-corrected chi connectivity index (χ2v) is 5.55. The van der Waals surface area contributed by atoms with Crippen LogP contribution in [0, 0.1) is 0 Å². The van der Waals surface area contributed by atoms with E-state index in [9.17, 15) is 9.59 Å². The first-order chi connectivity index (χ1) is 11.9. The number of rotatable bonds is 4. The summed E-state index contributed by atoms with van der Waals surface area (Å²) in [4.78, 5) is 30.4. The zero-order valence-corrected chi connectivity index (χ0v) is 14.0. The topological polar surface area (TPSA) is 102 Å². The molecule has 128 valence electrons. The van der Waals surface area contributed by atoms with Crippen LogP contribution >= 0.6 is 11.6 Å². The number of ether oxygens (including phenoxy) is 2. The second kappa shape index (κ2) is 6.45. The minimum absolute atomic E-state index is 0.0434. The fraction of sp³-hybridized carbons (Fsp3) is 0.118. The van der Waals surface area contributed by atoms with E-state index in [2.05, 4.69) is 9.97 Å². The summed E-state index contributed by atoms with van der Waals surface area (Å²) in [5.41, 5.74) is 0.427. The number of aromatic nitrogens is 2. The SMILES string of the molecule is COc1cc(-c2nc3cc(C(=O)O)ccc3c(=O)[nH]2)cc(Cl)c1OC. The number of nitrogens with zero attached hydrogens (tertiary/aromatic N) is 1. The molecule has 25 heavy (non-hydrogen) atoms. The molecule has 0 atom stereocenters. The van der Waals surface area contributed by atoms with Crippen molar-refractivity contribution < 1.29 is 19.4 Å². The summed E-state index contributed by atoms with van der Waals surface area (Å²) in [6.45, 7) is 0. The van der Waals surface area contributed by atoms with Gasteiger partial charge in [0.05, 0.1) is 35.7 Å². The number of methoxy groups -OCH3 is 2. The monoisotopic (exact) mass is 360 g/mol. The van der Waals surface area contributed by atoms with Gasteiger partial charge in [-0.15, -0.1) is 0 Å². The van der Waals surface area contributed by atoms with Gasteiger partial charge in [0.2, 0.25) is 0 Å². The van der Waals surface area contributed by atoms with Gasteiger partial charge in [-0.1, -0.05) is 11.6 Å². The normalized spacial score (nSPS) is 10.7. The van der Waals surface area contributed by atoms with E-state index in [-0.39, 0.29) is 22.5 Å². The number of carbonyl (C=O) groups is 1. The Balaban J connectivity index is 2.24. The van der Waals surface area contributed by atoms with Crippen molar-refractivity contribution in [2.24, 2.45) is 0 Å². The van der Waals surface area contributed by atoms with Gasteiger partial charge in [0, 0.05) is 5.56 Å². The van der Waals surface area contributed by atoms with Crippen molar-refractivity contribution in [1.82, 2.24) is 9.97 Å². The van der Waals surface area contributed by atoms with Crippen LogP contribution in [-0.4, -0.2) is 35.3 Å². The van der Waals surface area contributed by atoms with Crippen molar-refractivity contribution in [3.63, 3.8) is 0 Å². The number of aromatic amines is 1. The zero-order valence-electron chi connectivity index (χ0n) is 13.3. The van der Waals surface area contributed by atoms with Crippen LogP contribution in [0.5, 0.6) is 11.5 Å². The highest BCUT2D eigenvalue weighted by atomic mass is 35.5. The molecular formula is C17H13ClN2O5. The summed E-state index contributed by atoms with van der Waals surface area (Å²) < 4.78 is 10.4. The van der Waals surface area contributed by atoms with E-state index < -0.39 is 5.97 Å². The molecule has 0 saturated heterocycles. The van der Waals surface area contributed by atoms with Crippen LogP contribution in [0.2, 0.25) is 5.02 Å². The largest absolute Gasteiger partial charge is 0.493 e. The fourth-order valence-electron chi connectivity index (χ4n) is 2.46. The van der Waals surface area contributed by atoms with Gasteiger partial charge in [-0.2, -0.15) is 0 Å². The molecular weight excluding hydrogens is 348 g/mol. The van der Waals surface area contributed by atoms with E-state index in [1.54, 1.807) is 12.1 Å². The molecule has 3 rings (SSSR count). The van der Waals surface area contributed by atoms with Crippen LogP contribution in [0.3, 0.4) is 0 Å². The summed E-state index contributed by atoms with van der Waals surface area (Å²) in [5, 5.41) is 9.68. The Morgan fingerprint density at radius 3 is 2.60 bits per heavy atom. The van der Waals surface area contributed by atoms with E-state index >= 15 is 0 Å². The smallest absolute Gasteiger partial charge is 0.335 e. The molecule has 3 aromatic rings. The third kappa shape index (κ3) is 3.01. The molecule has 0 aliphatic carbocycles. The van der Waals surface area contributed by atoms with Crippen LogP contribution in [0.25, 0.3) is 22.3 Å². The summed E-state index contributed by atoms with van der Waals surface area (Å²) in [6, 6.07) is 7.33. The van der Waals surface area contributed by atoms with Gasteiger partial charge in [0.15, 0.2) is 11.5 Å². The molecule has 0 unspecified atom stereocenters. The lowest BCUT2D eigenvalue weighted by molar-refractivity contribution is 0.0697. The Kier molecular flexibility index (Phi) is 4.33. The zero-order chi connectivity index (χ0) is 18.1. The first kappa shape index (κ1) is 16.8. The number of nitrogens with one attached hydrogen (secondary N) is 1. The number of H-pyrrole nitrogens is 1. The van der Waals surface area contributed by atoms with E-state index in [4.69, 9.17) is 26.2 Å². The molecule has 0 amide bonds. The lowest BCUT2D eigenvalue weighted by Gasteiger charge is -2.11. The molecule has 1 heterocycles. The van der Waals surface area contributed by atoms with Gasteiger partial charge < -0.3 is 19.6 Å². The van der Waals surface area contributed by atoms with Crippen LogP contribution in [0.1, 0.15) is 10.4 Å². The number of hydrogen-bond donors (Lipinski definition) is 2. The first-order valence-corrected chi connectivity index (χ1v) is 7.51. The van der Waals surface area contributed by atoms with Gasteiger partial charge in [-0.05, 0) is 30.3 Å². The highest BCUT2D eigenvalue weighted by Gasteiger charge is 2.15. The van der Waals surface area contributed by atoms with Crippen molar-refractivity contribution >= 4 is 28.5 Å². The van der Waals surface area contributed by atoms with Gasteiger partial charge in [0.1, 0.15) is 5.82 Å². The Hall–Kier alpha value is -3.06. The molecule has 1 aromatic heterocycles. The average Bonchev–Trinajstić information content (AvgIpc) is 2.60. The number of benzene rings is 2. The molecule has 0 aliphatic heterocycles. The summed E-state index contributed by atoms with van der Waals surface area (Å²) >= 11 is 6.19. The number of halogens is 1. The average molecular weight is 361 g/mol. The van der Waals surface area contributed by atoms with E-state index in [1.807, 2.05) is 0 Å². The quantitative estimate of drug-likeness (QED) is 0.741. The molecule has 0 bridgehead atoms. The Morgan fingerprint density at radius 1 is 1.20 bits per heavy atom. The maximum atomic E-state index is 12.3. The maximum absolute atomic E-state index is 12.3. The lowest BCUT2D eigenvalue weighted by atomic mass is 10.1. The van der Waals surface area contributed by atoms with Crippen molar-refractivity contribution in [3.05, 3.63) is 51.3 Å². The minimum atomic E-state index is -1.10. The van der Waals surface area contributed by atoms with Crippen molar-refractivity contribution in [3.8, 4) is 22.9 Å². The van der Waals surface area contributed by atoms with E-state index in [1.165, 1.54) is 32.4 Å². The van der Waals surface area contributed by atoms with E-state index in [0.717, 1.165) is 0 Å². The highest BCUT2D eigenvalue weighted by molar-refractivity contribution is 6.32. The van der Waals surface area contributed by atoms with Gasteiger partial charge >= 0.3 is 5.97 Å². The molecule has 7 nitrogen and oxygen atoms in total. The molecule has 0 spiro atoms. The Bertz CT molecular complexity index is 1050. The molecule has 2 aromatic carbocycles. The number of aromatic carboxylic acids is 1. The first-order valence-electron chi connectivity index (χ1n) is 7.14. The lowest BCUT2D eigenvalue weighted by Crippen LogP contribution is -2.10. The maximum Gasteiger partial charge on any atom is 0.335 e. The number of fused-ring (bicyclic) bond motifs is 1. The molecule has 0 saturated carbocycles. The van der Waals surface area contributed by atoms with Gasteiger partial charge in [-0.25, -0.2) is 9.78 Å². The summed E-state index contributed by atoms with van der Waals surface area (Å²) in [7, 11) is 2.93. The minimum Gasteiger partial charge on any atom is -0.493 e. The third-order valence-corrected chi connectivity index (χ3v) is 3.94. The summed E-state index contributed by atoms with van der Waals surface area (Å²) in [6.07, 6.45) is 0. The Morgan fingerprint density at radius 2 is 1.96 bits per heavy atom. The molecule has 2 N–H and O–H groups in total. The van der Waals surface area contributed by atoms with Crippen LogP contribution in [0.4, 0.5) is 0 Å². The number of carboxylic acid groups (broad SMARTS) is 1. The van der Waals surface area contributed by atoms with Crippen LogP contribution in [0.15, 0.2) is 35.1 Å². The highest BCUT2D eigenvalue weighted by Crippen LogP contribution is 2.38. The summed E-state index contributed by atoms with van der Waals surface area (Å²) in [5.74, 6) is -0.112. The fourth-order valence-corrected chi connectivity index (χ4v) is 2.75. The Labute approximate surface area is 146 Å². The van der Waals surface area contributed by atoms with Gasteiger partial charge in [0.25, 0.3) is 5.56 Å². The van der Waals surface area contributed by atoms with Crippen LogP contribution < -0.4 is 15.0 Å². The van der Waals surface area contributed by atoms with Crippen LogP contribution in [-0.2, 0) is 0 Å². The van der Waals surface area contributed by atoms with Gasteiger partial charge in [-0.3, -0.25) is 4.79 Å². The second-order valence-electron chi connectivity index (χ2n) is 5.15. The van der Waals surface area contributed by atoms with Crippen molar-refractivity contribution in [2.45, 2.75) is 0 Å². The standard InChI is InChI=1S/C17H13ClN2O5/c1-24-13-7-9(5-11(18)14(13)25-2)15-19-12-6-8(17(22)23)3-4-10(12)16(21)20-15/h3-7H,1-2H3,(H,22,23)(H,19,20,21). The molecule has 0 fully saturated rings. The number of hydrogen-bond acceptors (Lipinski definition) is 5. The molecule has 0 aliphatic rings. The molecule has 0 radical (unpaired) electrons. The molecule has 8 heteroatoms. The van der Waals surface area contributed by atoms with Crippen molar-refractivity contribution in [1.29, 1.82) is 0 Å². The third-order valence-electron chi connectivity index (χ3n) is 3.66. The number of carboxylic acids is 1. The predicted molar refractivity (Wildman–Crippen MR) is 92.9 cm³/mol. The van der Waals surface area contributed by atoms with E-state index in [0.29, 0.717) is 27.5 Å².